The maximum absolute atomic E-state index is 12.5. The van der Waals surface area contributed by atoms with Crippen molar-refractivity contribution >= 4 is 17.2 Å². The van der Waals surface area contributed by atoms with Crippen LogP contribution in [0.1, 0.15) is 16.7 Å². The van der Waals surface area contributed by atoms with Gasteiger partial charge in [-0.05, 0) is 17.7 Å². The minimum Gasteiger partial charge on any atom is -0.496 e. The van der Waals surface area contributed by atoms with Crippen LogP contribution in [0.5, 0.6) is 5.75 Å². The van der Waals surface area contributed by atoms with E-state index < -0.39 is 11.7 Å². The Kier molecular flexibility index (Phi) is 4.17. The van der Waals surface area contributed by atoms with Gasteiger partial charge in [0.2, 0.25) is 0 Å². The number of thiocarbonyl (C=S) groups is 1. The average molecular weight is 315 g/mol. The number of halogens is 3. The number of benzene rings is 1. The Balaban J connectivity index is 2.24. The predicted molar refractivity (Wildman–Crippen MR) is 75.2 cm³/mol. The summed E-state index contributed by atoms with van der Waals surface area (Å²) in [5.41, 5.74) is 6.07. The van der Waals surface area contributed by atoms with Crippen molar-refractivity contribution in [2.75, 3.05) is 7.11 Å². The fourth-order valence-corrected chi connectivity index (χ4v) is 1.99. The first-order chi connectivity index (χ1) is 9.81. The van der Waals surface area contributed by atoms with E-state index in [0.717, 1.165) is 18.0 Å². The van der Waals surface area contributed by atoms with Gasteiger partial charge in [0, 0.05) is 6.20 Å². The van der Waals surface area contributed by atoms with Crippen molar-refractivity contribution < 1.29 is 17.9 Å². The smallest absolute Gasteiger partial charge is 0.419 e. The molecule has 0 amide bonds. The van der Waals surface area contributed by atoms with Gasteiger partial charge in [0.15, 0.2) is 0 Å². The molecule has 0 fully saturated rings. The van der Waals surface area contributed by atoms with Gasteiger partial charge < -0.3 is 10.5 Å². The van der Waals surface area contributed by atoms with E-state index in [9.17, 15) is 13.2 Å². The highest BCUT2D eigenvalue weighted by Crippen LogP contribution is 2.28. The number of nitrogens with two attached hydrogens (primary N) is 1. The zero-order chi connectivity index (χ0) is 15.6. The van der Waals surface area contributed by atoms with Crippen molar-refractivity contribution in [1.29, 1.82) is 0 Å². The van der Waals surface area contributed by atoms with E-state index in [4.69, 9.17) is 22.7 Å². The second-order valence-electron chi connectivity index (χ2n) is 4.32. The third-order valence-electron chi connectivity index (χ3n) is 2.84. The third kappa shape index (κ3) is 3.52. The highest BCUT2D eigenvalue weighted by molar-refractivity contribution is 7.80. The quantitative estimate of drug-likeness (QED) is 0.881. The van der Waals surface area contributed by atoms with Crippen LogP contribution in [0.3, 0.4) is 0 Å². The van der Waals surface area contributed by atoms with Crippen molar-refractivity contribution in [3.63, 3.8) is 0 Å². The Bertz CT molecular complexity index is 667. The molecule has 8 heteroatoms. The molecule has 0 unspecified atom stereocenters. The van der Waals surface area contributed by atoms with Gasteiger partial charge in [-0.2, -0.15) is 18.3 Å². The summed E-state index contributed by atoms with van der Waals surface area (Å²) >= 11 is 4.89. The first-order valence-electron chi connectivity index (χ1n) is 5.87. The Morgan fingerprint density at radius 1 is 1.43 bits per heavy atom. The van der Waals surface area contributed by atoms with Crippen molar-refractivity contribution in [2.45, 2.75) is 12.7 Å². The second-order valence-corrected chi connectivity index (χ2v) is 4.76. The van der Waals surface area contributed by atoms with Crippen molar-refractivity contribution in [1.82, 2.24) is 9.78 Å². The van der Waals surface area contributed by atoms with Gasteiger partial charge in [-0.3, -0.25) is 4.68 Å². The van der Waals surface area contributed by atoms with E-state index in [2.05, 4.69) is 5.10 Å². The largest absolute Gasteiger partial charge is 0.496 e. The summed E-state index contributed by atoms with van der Waals surface area (Å²) in [6, 6.07) is 5.06. The van der Waals surface area contributed by atoms with Crippen LogP contribution in [-0.2, 0) is 12.7 Å². The topological polar surface area (TPSA) is 53.1 Å². The van der Waals surface area contributed by atoms with Crippen LogP contribution in [0.4, 0.5) is 13.2 Å². The van der Waals surface area contributed by atoms with Crippen LogP contribution in [0.15, 0.2) is 30.6 Å². The zero-order valence-electron chi connectivity index (χ0n) is 11.0. The number of alkyl halides is 3. The lowest BCUT2D eigenvalue weighted by atomic mass is 10.1. The maximum Gasteiger partial charge on any atom is 0.419 e. The number of nitrogens with zero attached hydrogens (tertiary/aromatic N) is 2. The van der Waals surface area contributed by atoms with Crippen LogP contribution >= 0.6 is 12.2 Å². The summed E-state index contributed by atoms with van der Waals surface area (Å²) in [5, 5.41) is 3.70. The van der Waals surface area contributed by atoms with Crippen LogP contribution in [0.2, 0.25) is 0 Å². The molecule has 21 heavy (non-hydrogen) atoms. The molecule has 4 nitrogen and oxygen atoms in total. The van der Waals surface area contributed by atoms with Gasteiger partial charge in [-0.1, -0.05) is 18.3 Å². The second kappa shape index (κ2) is 5.72. The molecular formula is C13H12F3N3OS. The van der Waals surface area contributed by atoms with Gasteiger partial charge in [0.1, 0.15) is 10.7 Å². The number of hydrogen-bond donors (Lipinski definition) is 1. The van der Waals surface area contributed by atoms with Crippen LogP contribution < -0.4 is 10.5 Å². The lowest BCUT2D eigenvalue weighted by molar-refractivity contribution is -0.137. The molecule has 0 bridgehead atoms. The molecule has 0 atom stereocenters. The molecule has 0 saturated carbocycles. The minimum atomic E-state index is -4.40. The lowest BCUT2D eigenvalue weighted by Crippen LogP contribution is -2.11. The first-order valence-corrected chi connectivity index (χ1v) is 6.28. The highest BCUT2D eigenvalue weighted by atomic mass is 32.1. The molecule has 0 spiro atoms. The lowest BCUT2D eigenvalue weighted by Gasteiger charge is -2.09. The maximum atomic E-state index is 12.5. The predicted octanol–water partition coefficient (Wildman–Crippen LogP) is 2.59. The van der Waals surface area contributed by atoms with Crippen LogP contribution in [0, 0.1) is 0 Å². The molecule has 1 heterocycles. The Hall–Kier alpha value is -2.09. The van der Waals surface area contributed by atoms with E-state index >= 15 is 0 Å². The number of ether oxygens (including phenoxy) is 1. The summed E-state index contributed by atoms with van der Waals surface area (Å²) in [7, 11) is 1.47. The fourth-order valence-electron chi connectivity index (χ4n) is 1.82. The molecule has 112 valence electrons. The van der Waals surface area contributed by atoms with E-state index in [0.29, 0.717) is 11.3 Å². The van der Waals surface area contributed by atoms with Gasteiger partial charge in [0.05, 0.1) is 31.0 Å². The molecule has 0 aliphatic heterocycles. The number of aromatic nitrogens is 2. The summed E-state index contributed by atoms with van der Waals surface area (Å²) in [5.74, 6) is 0.475. The SMILES string of the molecule is COc1cc(Cn2cc(C(F)(F)F)cn2)ccc1C(N)=S. The molecule has 0 aliphatic carbocycles. The number of hydrogen-bond acceptors (Lipinski definition) is 3. The number of methoxy groups -OCH3 is 1. The van der Waals surface area contributed by atoms with Gasteiger partial charge >= 0.3 is 6.18 Å². The van der Waals surface area contributed by atoms with E-state index in [1.54, 1.807) is 18.2 Å². The molecule has 0 radical (unpaired) electrons. The average Bonchev–Trinajstić information content (AvgIpc) is 2.86. The molecule has 2 N–H and O–H groups in total. The van der Waals surface area contributed by atoms with Gasteiger partial charge in [0.25, 0.3) is 0 Å². The van der Waals surface area contributed by atoms with E-state index in [1.165, 1.54) is 11.8 Å². The normalized spacial score (nSPS) is 11.4. The molecular weight excluding hydrogens is 303 g/mol. The number of rotatable bonds is 4. The highest BCUT2D eigenvalue weighted by Gasteiger charge is 2.32. The first kappa shape index (κ1) is 15.3. The summed E-state index contributed by atoms with van der Waals surface area (Å²) in [6.07, 6.45) is -2.65. The monoisotopic (exact) mass is 315 g/mol. The standard InChI is InChI=1S/C13H12F3N3OS/c1-20-11-4-8(2-3-10(11)12(17)21)6-19-7-9(5-18-19)13(14,15)16/h2-5,7H,6H2,1H3,(H2,17,21). The van der Waals surface area contributed by atoms with Crippen molar-refractivity contribution in [3.8, 4) is 5.75 Å². The van der Waals surface area contributed by atoms with Gasteiger partial charge in [-0.15, -0.1) is 0 Å². The molecule has 2 rings (SSSR count). The van der Waals surface area contributed by atoms with Gasteiger partial charge in [-0.25, -0.2) is 0 Å². The summed E-state index contributed by atoms with van der Waals surface area (Å²) in [6.45, 7) is 0.185. The molecule has 0 aliphatic rings. The van der Waals surface area contributed by atoms with Crippen molar-refractivity contribution in [3.05, 3.63) is 47.3 Å². The van der Waals surface area contributed by atoms with Crippen LogP contribution in [-0.4, -0.2) is 21.9 Å². The minimum absolute atomic E-state index is 0.185. The fraction of sp³-hybridized carbons (Fsp3) is 0.231. The van der Waals surface area contributed by atoms with Crippen molar-refractivity contribution in [2.24, 2.45) is 5.73 Å². The molecule has 1 aromatic carbocycles. The zero-order valence-corrected chi connectivity index (χ0v) is 11.8. The molecule has 1 aromatic heterocycles. The Labute approximate surface area is 124 Å². The van der Waals surface area contributed by atoms with E-state index in [-0.39, 0.29) is 11.5 Å². The summed E-state index contributed by atoms with van der Waals surface area (Å²) in [4.78, 5) is 0.192. The molecule has 2 aromatic rings. The Morgan fingerprint density at radius 2 is 2.14 bits per heavy atom. The molecule has 0 saturated heterocycles. The van der Waals surface area contributed by atoms with Crippen LogP contribution in [0.25, 0.3) is 0 Å². The third-order valence-corrected chi connectivity index (χ3v) is 3.06. The summed E-state index contributed by atoms with van der Waals surface area (Å²) < 4.78 is 43.9. The van der Waals surface area contributed by atoms with E-state index in [1.807, 2.05) is 0 Å². The Morgan fingerprint density at radius 3 is 2.67 bits per heavy atom.